The zero-order valence-electron chi connectivity index (χ0n) is 44.1. The number of aryl methyl sites for hydroxylation is 3. The standard InChI is InChI=1S/C75H52N2O2/c1-5-6-21-53-44-62(49-22-11-7-12-23-49)72-66(48(53)4)60-38-32-46(2)70(74(60)78-72)76(55-27-15-9-16-28-55)64-42-36-51-35-41-59-65(43-37-52-34-40-58(64)67(51)68(52)59)77(56-29-17-10-18-30-56)71-47(3)33-39-61-69-57-31-20-19-26-54(57)45-63(73(69)79-75(61)71)50-24-13-8-14-25-50/h5-45H,1H2,2-4H3/b21-6-. The van der Waals surface area contributed by atoms with Crippen LogP contribution in [-0.2, 0) is 0 Å². The summed E-state index contributed by atoms with van der Waals surface area (Å²) in [5.41, 5.74) is 18.5. The normalized spacial score (nSPS) is 12.0. The molecule has 15 aromatic rings. The van der Waals surface area contributed by atoms with E-state index in [1.807, 2.05) is 12.2 Å². The van der Waals surface area contributed by atoms with E-state index in [9.17, 15) is 0 Å². The lowest BCUT2D eigenvalue weighted by molar-refractivity contribution is 0.669. The molecule has 0 amide bonds. The summed E-state index contributed by atoms with van der Waals surface area (Å²) in [6, 6.07) is 83.4. The van der Waals surface area contributed by atoms with Crippen molar-refractivity contribution in [2.75, 3.05) is 9.80 Å². The Hall–Kier alpha value is -10.2. The molecule has 0 spiro atoms. The van der Waals surface area contributed by atoms with E-state index in [0.29, 0.717) is 0 Å². The van der Waals surface area contributed by atoms with Crippen molar-refractivity contribution in [2.45, 2.75) is 20.8 Å². The summed E-state index contributed by atoms with van der Waals surface area (Å²) in [6.45, 7) is 10.6. The molecule has 79 heavy (non-hydrogen) atoms. The summed E-state index contributed by atoms with van der Waals surface area (Å²) >= 11 is 0. The Morgan fingerprint density at radius 3 is 1.34 bits per heavy atom. The molecular weight excluding hydrogens is 961 g/mol. The Labute approximate surface area is 457 Å². The number of anilines is 6. The Kier molecular flexibility index (Phi) is 10.7. The molecule has 4 nitrogen and oxygen atoms in total. The average molecular weight is 1010 g/mol. The molecule has 2 heterocycles. The second-order valence-corrected chi connectivity index (χ2v) is 20.9. The van der Waals surface area contributed by atoms with Crippen molar-refractivity contribution in [1.29, 1.82) is 0 Å². The molecule has 0 aliphatic carbocycles. The fourth-order valence-corrected chi connectivity index (χ4v) is 12.7. The second kappa shape index (κ2) is 18.3. The molecule has 13 aromatic carbocycles. The SMILES string of the molecule is C=C/C=C\c1cc(-c2ccccc2)c2oc3c(N(c4ccccc4)c4ccc5ccc6c(N(c7ccccc7)c7c(C)ccc8c7oc7c(-c9ccccc9)cc9ccccc9c78)ccc7ccc4c5c76)c(C)ccc3c2c1C. The summed E-state index contributed by atoms with van der Waals surface area (Å²) in [5, 5.41) is 13.8. The first kappa shape index (κ1) is 46.2. The van der Waals surface area contributed by atoms with E-state index < -0.39 is 0 Å². The van der Waals surface area contributed by atoms with E-state index in [2.05, 4.69) is 274 Å². The van der Waals surface area contributed by atoms with Crippen LogP contribution in [0.1, 0.15) is 22.3 Å². The highest BCUT2D eigenvalue weighted by atomic mass is 16.3. The van der Waals surface area contributed by atoms with Crippen LogP contribution >= 0.6 is 0 Å². The van der Waals surface area contributed by atoms with Crippen LogP contribution in [0.5, 0.6) is 0 Å². The minimum Gasteiger partial charge on any atom is -0.453 e. The first-order valence-corrected chi connectivity index (χ1v) is 27.1. The summed E-state index contributed by atoms with van der Waals surface area (Å²) in [5.74, 6) is 0. The van der Waals surface area contributed by atoms with Crippen molar-refractivity contribution in [3.8, 4) is 22.3 Å². The molecule has 0 unspecified atom stereocenters. The van der Waals surface area contributed by atoms with Gasteiger partial charge in [0.05, 0.1) is 22.7 Å². The quantitative estimate of drug-likeness (QED) is 0.101. The number of allylic oxidation sites excluding steroid dienone is 2. The highest BCUT2D eigenvalue weighted by molar-refractivity contribution is 6.30. The molecule has 0 atom stereocenters. The maximum atomic E-state index is 7.39. The molecule has 374 valence electrons. The van der Waals surface area contributed by atoms with Crippen molar-refractivity contribution in [1.82, 2.24) is 0 Å². The van der Waals surface area contributed by atoms with Crippen LogP contribution in [0.3, 0.4) is 0 Å². The van der Waals surface area contributed by atoms with Crippen LogP contribution in [0, 0.1) is 20.8 Å². The lowest BCUT2D eigenvalue weighted by Gasteiger charge is -2.30. The number of benzene rings is 13. The van der Waals surface area contributed by atoms with Crippen LogP contribution in [0.2, 0.25) is 0 Å². The van der Waals surface area contributed by atoms with Gasteiger partial charge in [-0.3, -0.25) is 0 Å². The number of nitrogens with zero attached hydrogens (tertiary/aromatic N) is 2. The van der Waals surface area contributed by atoms with Crippen molar-refractivity contribution in [3.63, 3.8) is 0 Å². The van der Waals surface area contributed by atoms with Crippen LogP contribution in [0.15, 0.2) is 258 Å². The molecule has 4 heteroatoms. The lowest BCUT2D eigenvalue weighted by atomic mass is 9.91. The van der Waals surface area contributed by atoms with Gasteiger partial charge in [-0.15, -0.1) is 0 Å². The maximum Gasteiger partial charge on any atom is 0.159 e. The molecular formula is C75H52N2O2. The molecule has 0 saturated heterocycles. The van der Waals surface area contributed by atoms with E-state index in [1.54, 1.807) is 0 Å². The summed E-state index contributed by atoms with van der Waals surface area (Å²) in [4.78, 5) is 4.86. The highest BCUT2D eigenvalue weighted by Gasteiger charge is 2.29. The van der Waals surface area contributed by atoms with E-state index in [0.717, 1.165) is 133 Å². The minimum atomic E-state index is 0.842. The summed E-state index contributed by atoms with van der Waals surface area (Å²) < 4.78 is 14.8. The van der Waals surface area contributed by atoms with Gasteiger partial charge in [0, 0.05) is 54.8 Å². The van der Waals surface area contributed by atoms with Crippen molar-refractivity contribution in [3.05, 3.63) is 272 Å². The number of hydrogen-bond acceptors (Lipinski definition) is 4. The van der Waals surface area contributed by atoms with E-state index >= 15 is 0 Å². The summed E-state index contributed by atoms with van der Waals surface area (Å²) in [6.07, 6.45) is 6.00. The molecule has 0 fully saturated rings. The number of para-hydroxylation sites is 2. The average Bonchev–Trinajstić information content (AvgIpc) is 4.35. The Bertz CT molecular complexity index is 4940. The number of hydrogen-bond donors (Lipinski definition) is 0. The van der Waals surface area contributed by atoms with Gasteiger partial charge in [0.1, 0.15) is 11.2 Å². The molecule has 0 N–H and O–H groups in total. The smallest absolute Gasteiger partial charge is 0.159 e. The molecule has 0 aliphatic heterocycles. The molecule has 0 radical (unpaired) electrons. The first-order valence-electron chi connectivity index (χ1n) is 27.1. The lowest BCUT2D eigenvalue weighted by Crippen LogP contribution is -2.13. The number of rotatable bonds is 10. The van der Waals surface area contributed by atoms with E-state index in [1.165, 1.54) is 32.3 Å². The third-order valence-electron chi connectivity index (χ3n) is 16.4. The van der Waals surface area contributed by atoms with Gasteiger partial charge in [-0.1, -0.05) is 207 Å². The third kappa shape index (κ3) is 7.15. The number of fused-ring (bicyclic) bond motifs is 8. The molecule has 0 saturated carbocycles. The predicted octanol–water partition coefficient (Wildman–Crippen LogP) is 21.9. The van der Waals surface area contributed by atoms with E-state index in [-0.39, 0.29) is 0 Å². The Morgan fingerprint density at radius 1 is 0.367 bits per heavy atom. The largest absolute Gasteiger partial charge is 0.453 e. The van der Waals surface area contributed by atoms with Crippen LogP contribution in [0.4, 0.5) is 34.1 Å². The van der Waals surface area contributed by atoms with Crippen molar-refractivity contribution >= 4 is 127 Å². The molecule has 15 rings (SSSR count). The monoisotopic (exact) mass is 1010 g/mol. The predicted molar refractivity (Wildman–Crippen MR) is 336 cm³/mol. The molecule has 0 aliphatic rings. The zero-order chi connectivity index (χ0) is 52.9. The second-order valence-electron chi connectivity index (χ2n) is 20.9. The molecule has 0 bridgehead atoms. The zero-order valence-corrected chi connectivity index (χ0v) is 44.1. The van der Waals surface area contributed by atoms with Crippen LogP contribution in [0.25, 0.3) is 115 Å². The van der Waals surface area contributed by atoms with Crippen LogP contribution in [-0.4, -0.2) is 0 Å². The number of furan rings is 2. The van der Waals surface area contributed by atoms with E-state index in [4.69, 9.17) is 8.83 Å². The van der Waals surface area contributed by atoms with Crippen LogP contribution < -0.4 is 9.80 Å². The maximum absolute atomic E-state index is 7.39. The van der Waals surface area contributed by atoms with Crippen molar-refractivity contribution < 1.29 is 8.83 Å². The van der Waals surface area contributed by atoms with Gasteiger partial charge in [0.2, 0.25) is 0 Å². The fourth-order valence-electron chi connectivity index (χ4n) is 12.7. The van der Waals surface area contributed by atoms with Gasteiger partial charge < -0.3 is 18.6 Å². The van der Waals surface area contributed by atoms with Gasteiger partial charge >= 0.3 is 0 Å². The third-order valence-corrected chi connectivity index (χ3v) is 16.4. The highest BCUT2D eigenvalue weighted by Crippen LogP contribution is 2.53. The Balaban J connectivity index is 0.986. The molecule has 2 aromatic heterocycles. The first-order chi connectivity index (χ1) is 38.9. The van der Waals surface area contributed by atoms with Gasteiger partial charge in [0.15, 0.2) is 11.2 Å². The van der Waals surface area contributed by atoms with Gasteiger partial charge in [-0.05, 0) is 135 Å². The van der Waals surface area contributed by atoms with Gasteiger partial charge in [-0.25, -0.2) is 0 Å². The van der Waals surface area contributed by atoms with Gasteiger partial charge in [0.25, 0.3) is 0 Å². The topological polar surface area (TPSA) is 32.8 Å². The minimum absolute atomic E-state index is 0.842. The fraction of sp³-hybridized carbons (Fsp3) is 0.0400. The Morgan fingerprint density at radius 2 is 0.810 bits per heavy atom. The van der Waals surface area contributed by atoms with Crippen molar-refractivity contribution in [2.24, 2.45) is 0 Å². The van der Waals surface area contributed by atoms with Gasteiger partial charge in [-0.2, -0.15) is 0 Å². The summed E-state index contributed by atoms with van der Waals surface area (Å²) in [7, 11) is 0.